The summed E-state index contributed by atoms with van der Waals surface area (Å²) in [7, 11) is 0. The average molecular weight is 268 g/mol. The van der Waals surface area contributed by atoms with Gasteiger partial charge in [-0.15, -0.1) is 0 Å². The van der Waals surface area contributed by atoms with Crippen LogP contribution in [0, 0.1) is 5.92 Å². The molecule has 0 spiro atoms. The molecule has 4 heteroatoms. The van der Waals surface area contributed by atoms with Crippen LogP contribution in [0.2, 0.25) is 0 Å². The fraction of sp³-hybridized carbons (Fsp3) is 0.933. The minimum absolute atomic E-state index is 0.0138. The molecule has 2 aliphatic heterocycles. The van der Waals surface area contributed by atoms with Crippen molar-refractivity contribution in [1.82, 2.24) is 10.2 Å². The first-order chi connectivity index (χ1) is 9.13. The number of carbonyl (C=O) groups excluding carboxylic acids is 1. The number of rotatable bonds is 5. The molecular formula is C15H28N2O2. The molecule has 1 amide bonds. The van der Waals surface area contributed by atoms with Gasteiger partial charge in [-0.25, -0.2) is 0 Å². The van der Waals surface area contributed by atoms with Gasteiger partial charge >= 0.3 is 0 Å². The van der Waals surface area contributed by atoms with E-state index in [-0.39, 0.29) is 24.2 Å². The summed E-state index contributed by atoms with van der Waals surface area (Å²) in [5.41, 5.74) is 0. The van der Waals surface area contributed by atoms with Crippen LogP contribution in [0.15, 0.2) is 0 Å². The van der Waals surface area contributed by atoms with Gasteiger partial charge in [0.1, 0.15) is 0 Å². The van der Waals surface area contributed by atoms with Crippen LogP contribution in [-0.4, -0.2) is 42.3 Å². The maximum absolute atomic E-state index is 12.5. The van der Waals surface area contributed by atoms with Crippen LogP contribution in [0.5, 0.6) is 0 Å². The van der Waals surface area contributed by atoms with Crippen molar-refractivity contribution in [3.05, 3.63) is 0 Å². The fourth-order valence-electron chi connectivity index (χ4n) is 3.08. The first-order valence-corrected chi connectivity index (χ1v) is 7.81. The van der Waals surface area contributed by atoms with Crippen LogP contribution >= 0.6 is 0 Å². The van der Waals surface area contributed by atoms with E-state index in [0.29, 0.717) is 5.92 Å². The third-order valence-electron chi connectivity index (χ3n) is 4.20. The summed E-state index contributed by atoms with van der Waals surface area (Å²) in [6.07, 6.45) is 6.05. The molecule has 2 rings (SSSR count). The van der Waals surface area contributed by atoms with Crippen molar-refractivity contribution in [2.45, 2.75) is 71.2 Å². The summed E-state index contributed by atoms with van der Waals surface area (Å²) in [6.45, 7) is 8.01. The highest BCUT2D eigenvalue weighted by atomic mass is 16.5. The van der Waals surface area contributed by atoms with Gasteiger partial charge in [0.25, 0.3) is 0 Å². The van der Waals surface area contributed by atoms with E-state index >= 15 is 0 Å². The molecule has 0 aromatic carbocycles. The lowest BCUT2D eigenvalue weighted by molar-refractivity contribution is -0.133. The Labute approximate surface area is 116 Å². The van der Waals surface area contributed by atoms with E-state index in [9.17, 15) is 4.79 Å². The van der Waals surface area contributed by atoms with Crippen molar-refractivity contribution in [2.75, 3.05) is 13.2 Å². The van der Waals surface area contributed by atoms with E-state index < -0.39 is 0 Å². The van der Waals surface area contributed by atoms with E-state index in [2.05, 4.69) is 26.1 Å². The monoisotopic (exact) mass is 268 g/mol. The minimum atomic E-state index is -0.0138. The maximum Gasteiger partial charge on any atom is 0.241 e. The Balaban J connectivity index is 1.99. The van der Waals surface area contributed by atoms with Crippen molar-refractivity contribution in [3.8, 4) is 0 Å². The van der Waals surface area contributed by atoms with Crippen molar-refractivity contribution in [1.29, 1.82) is 0 Å². The Morgan fingerprint density at radius 2 is 2.21 bits per heavy atom. The Hall–Kier alpha value is -0.610. The molecule has 0 aromatic heterocycles. The zero-order chi connectivity index (χ0) is 13.8. The summed E-state index contributed by atoms with van der Waals surface area (Å²) in [6, 6.07) is -0.0138. The normalized spacial score (nSPS) is 32.3. The minimum Gasteiger partial charge on any atom is -0.376 e. The van der Waals surface area contributed by atoms with Crippen molar-refractivity contribution >= 4 is 5.91 Å². The zero-order valence-corrected chi connectivity index (χ0v) is 12.5. The van der Waals surface area contributed by atoms with Gasteiger partial charge in [0.2, 0.25) is 5.91 Å². The van der Waals surface area contributed by atoms with E-state index in [1.807, 2.05) is 4.90 Å². The number of hydrogen-bond donors (Lipinski definition) is 1. The molecular weight excluding hydrogens is 240 g/mol. The highest BCUT2D eigenvalue weighted by molar-refractivity contribution is 5.84. The number of nitrogens with one attached hydrogen (secondary N) is 1. The number of hydrogen-bond acceptors (Lipinski definition) is 3. The van der Waals surface area contributed by atoms with E-state index in [4.69, 9.17) is 4.74 Å². The van der Waals surface area contributed by atoms with E-state index in [0.717, 1.165) is 38.8 Å². The lowest BCUT2D eigenvalue weighted by Crippen LogP contribution is -2.43. The summed E-state index contributed by atoms with van der Waals surface area (Å²) in [4.78, 5) is 14.5. The molecule has 0 saturated carbocycles. The van der Waals surface area contributed by atoms with Crippen LogP contribution in [-0.2, 0) is 9.53 Å². The number of amides is 1. The smallest absolute Gasteiger partial charge is 0.241 e. The predicted molar refractivity (Wildman–Crippen MR) is 75.8 cm³/mol. The van der Waals surface area contributed by atoms with Gasteiger partial charge in [0.05, 0.1) is 18.3 Å². The van der Waals surface area contributed by atoms with Crippen LogP contribution in [0.4, 0.5) is 0 Å². The Morgan fingerprint density at radius 3 is 2.79 bits per heavy atom. The Kier molecular flexibility index (Phi) is 5.22. The predicted octanol–water partition coefficient (Wildman–Crippen LogP) is 2.14. The number of nitrogens with zero attached hydrogens (tertiary/aromatic N) is 1. The molecule has 4 nitrogen and oxygen atoms in total. The molecule has 19 heavy (non-hydrogen) atoms. The highest BCUT2D eigenvalue weighted by Crippen LogP contribution is 2.22. The van der Waals surface area contributed by atoms with Gasteiger partial charge in [0, 0.05) is 13.2 Å². The van der Waals surface area contributed by atoms with Gasteiger partial charge in [-0.3, -0.25) is 10.1 Å². The summed E-state index contributed by atoms with van der Waals surface area (Å²) in [5, 5.41) is 3.50. The summed E-state index contributed by atoms with van der Waals surface area (Å²) in [5.74, 6) is 0.617. The van der Waals surface area contributed by atoms with E-state index in [1.165, 1.54) is 6.42 Å². The molecule has 3 atom stereocenters. The molecule has 0 radical (unpaired) electrons. The average Bonchev–Trinajstić information content (AvgIpc) is 2.70. The van der Waals surface area contributed by atoms with Crippen LogP contribution < -0.4 is 5.32 Å². The van der Waals surface area contributed by atoms with Crippen LogP contribution in [0.3, 0.4) is 0 Å². The lowest BCUT2D eigenvalue weighted by Gasteiger charge is -2.30. The standard InChI is InChI=1S/C15H28N2O2/c1-4-7-13-16-14(11(2)3)15(18)17(13)10-12-8-5-6-9-19-12/h11-14,16H,4-10H2,1-3H3. The van der Waals surface area contributed by atoms with Crippen molar-refractivity contribution in [2.24, 2.45) is 5.92 Å². The molecule has 2 aliphatic rings. The molecule has 2 fully saturated rings. The molecule has 0 bridgehead atoms. The third-order valence-corrected chi connectivity index (χ3v) is 4.20. The van der Waals surface area contributed by atoms with Crippen LogP contribution in [0.1, 0.15) is 52.9 Å². The first-order valence-electron chi connectivity index (χ1n) is 7.81. The third kappa shape index (κ3) is 3.48. The molecule has 0 aromatic rings. The second kappa shape index (κ2) is 6.71. The quantitative estimate of drug-likeness (QED) is 0.830. The van der Waals surface area contributed by atoms with E-state index in [1.54, 1.807) is 0 Å². The van der Waals surface area contributed by atoms with Crippen LogP contribution in [0.25, 0.3) is 0 Å². The Bertz CT molecular complexity index is 301. The van der Waals surface area contributed by atoms with Gasteiger partial charge in [-0.05, 0) is 31.6 Å². The fourth-order valence-corrected chi connectivity index (χ4v) is 3.08. The SMILES string of the molecule is CCCC1NC(C(C)C)C(=O)N1CC1CCCCO1. The topological polar surface area (TPSA) is 41.6 Å². The first kappa shape index (κ1) is 14.8. The van der Waals surface area contributed by atoms with Gasteiger partial charge < -0.3 is 9.64 Å². The molecule has 0 aliphatic carbocycles. The number of ether oxygens (including phenoxy) is 1. The largest absolute Gasteiger partial charge is 0.376 e. The zero-order valence-electron chi connectivity index (χ0n) is 12.5. The van der Waals surface area contributed by atoms with Gasteiger partial charge in [0.15, 0.2) is 0 Å². The molecule has 2 saturated heterocycles. The molecule has 110 valence electrons. The summed E-state index contributed by atoms with van der Waals surface area (Å²) >= 11 is 0. The number of carbonyl (C=O) groups is 1. The molecule has 3 unspecified atom stereocenters. The van der Waals surface area contributed by atoms with Crippen molar-refractivity contribution in [3.63, 3.8) is 0 Å². The summed E-state index contributed by atoms with van der Waals surface area (Å²) < 4.78 is 5.79. The highest BCUT2D eigenvalue weighted by Gasteiger charge is 2.40. The second-order valence-electron chi connectivity index (χ2n) is 6.17. The Morgan fingerprint density at radius 1 is 1.42 bits per heavy atom. The maximum atomic E-state index is 12.5. The van der Waals surface area contributed by atoms with Crippen molar-refractivity contribution < 1.29 is 9.53 Å². The van der Waals surface area contributed by atoms with Gasteiger partial charge in [-0.1, -0.05) is 27.2 Å². The molecule has 2 heterocycles. The lowest BCUT2D eigenvalue weighted by atomic mass is 10.0. The van der Waals surface area contributed by atoms with Gasteiger partial charge in [-0.2, -0.15) is 0 Å². The second-order valence-corrected chi connectivity index (χ2v) is 6.17. The molecule has 1 N–H and O–H groups in total.